The summed E-state index contributed by atoms with van der Waals surface area (Å²) in [4.78, 5) is 0. The van der Waals surface area contributed by atoms with Crippen molar-refractivity contribution in [3.63, 3.8) is 0 Å². The number of rotatable bonds is 7. The molecule has 0 aliphatic carbocycles. The van der Waals surface area contributed by atoms with E-state index >= 15 is 0 Å². The van der Waals surface area contributed by atoms with Crippen molar-refractivity contribution in [1.82, 2.24) is 0 Å². The smallest absolute Gasteiger partial charge is 0.0124 e. The van der Waals surface area contributed by atoms with Crippen molar-refractivity contribution in [2.24, 2.45) is 0 Å². The molecule has 0 heterocycles. The van der Waals surface area contributed by atoms with Gasteiger partial charge < -0.3 is 0 Å². The van der Waals surface area contributed by atoms with E-state index in [4.69, 9.17) is 0 Å². The molecule has 0 saturated carbocycles. The van der Waals surface area contributed by atoms with Crippen LogP contribution in [0.5, 0.6) is 0 Å². The van der Waals surface area contributed by atoms with Crippen LogP contribution in [0.2, 0.25) is 0 Å². The lowest BCUT2D eigenvalue weighted by Crippen LogP contribution is -1.98. The van der Waals surface area contributed by atoms with Gasteiger partial charge in [-0.15, -0.1) is 0 Å². The van der Waals surface area contributed by atoms with Gasteiger partial charge >= 0.3 is 0 Å². The molecular weight excluding hydrogens is 324 g/mol. The van der Waals surface area contributed by atoms with Crippen LogP contribution >= 0.6 is 0 Å². The first kappa shape index (κ1) is 19.2. The van der Waals surface area contributed by atoms with Crippen LogP contribution in [-0.4, -0.2) is 0 Å². The zero-order chi connectivity index (χ0) is 19.2. The summed E-state index contributed by atoms with van der Waals surface area (Å²) >= 11 is 0. The maximum absolute atomic E-state index is 4.32. The van der Waals surface area contributed by atoms with Crippen LogP contribution < -0.4 is 0 Å². The molecule has 138 valence electrons. The zero-order valence-electron chi connectivity index (χ0n) is 16.8. The van der Waals surface area contributed by atoms with Gasteiger partial charge in [0.1, 0.15) is 0 Å². The average Bonchev–Trinajstić information content (AvgIpc) is 2.70. The van der Waals surface area contributed by atoms with Crippen LogP contribution in [0, 0.1) is 6.92 Å². The van der Waals surface area contributed by atoms with E-state index in [0.717, 1.165) is 19.3 Å². The molecule has 0 nitrogen and oxygen atoms in total. The molecule has 3 rings (SSSR count). The van der Waals surface area contributed by atoms with Crippen LogP contribution in [-0.2, 0) is 6.42 Å². The summed E-state index contributed by atoms with van der Waals surface area (Å²) in [6.07, 6.45) is 7.57. The monoisotopic (exact) mass is 354 g/mol. The highest BCUT2D eigenvalue weighted by molar-refractivity contribution is 5.84. The first-order valence-corrected chi connectivity index (χ1v) is 10.0. The summed E-state index contributed by atoms with van der Waals surface area (Å²) in [6, 6.07) is 22.2. The largest absolute Gasteiger partial charge is 0.0958 e. The van der Waals surface area contributed by atoms with Crippen LogP contribution in [0.3, 0.4) is 0 Å². The van der Waals surface area contributed by atoms with Crippen LogP contribution in [0.1, 0.15) is 54.9 Å². The molecule has 3 aromatic rings. The number of hydrogen-bond acceptors (Lipinski definition) is 0. The van der Waals surface area contributed by atoms with E-state index in [1.165, 1.54) is 38.6 Å². The Morgan fingerprint density at radius 1 is 0.963 bits per heavy atom. The first-order valence-electron chi connectivity index (χ1n) is 10.0. The molecule has 0 amide bonds. The standard InChI is InChI=1S/C27H30/c1-5-22-12-14-25-15-16-26(19-27(25)18-22)23(6-2)17-20(3)11-13-24-10-8-7-9-21(24)4/h7-16,18-19,23H,3,5-6,17H2,1-2,4H3/b13-11+/t23-/m1/s1. The van der Waals surface area contributed by atoms with Crippen LogP contribution in [0.25, 0.3) is 16.8 Å². The van der Waals surface area contributed by atoms with E-state index in [0.29, 0.717) is 5.92 Å². The van der Waals surface area contributed by atoms with Gasteiger partial charge in [-0.1, -0.05) is 98.8 Å². The second kappa shape index (κ2) is 8.86. The molecule has 27 heavy (non-hydrogen) atoms. The van der Waals surface area contributed by atoms with Gasteiger partial charge in [-0.3, -0.25) is 0 Å². The molecule has 1 atom stereocenters. The third-order valence-electron chi connectivity index (χ3n) is 5.50. The Kier molecular flexibility index (Phi) is 6.29. The number of benzene rings is 3. The van der Waals surface area contributed by atoms with Crippen molar-refractivity contribution in [1.29, 1.82) is 0 Å². The summed E-state index contributed by atoms with van der Waals surface area (Å²) in [5, 5.41) is 2.68. The molecule has 0 heteroatoms. The van der Waals surface area contributed by atoms with Crippen molar-refractivity contribution in [3.8, 4) is 0 Å². The van der Waals surface area contributed by atoms with E-state index in [1.54, 1.807) is 0 Å². The van der Waals surface area contributed by atoms with Gasteiger partial charge in [-0.2, -0.15) is 0 Å². The van der Waals surface area contributed by atoms with Crippen molar-refractivity contribution >= 4 is 16.8 Å². The van der Waals surface area contributed by atoms with Crippen molar-refractivity contribution in [3.05, 3.63) is 101 Å². The highest BCUT2D eigenvalue weighted by atomic mass is 14.2. The van der Waals surface area contributed by atoms with Crippen molar-refractivity contribution in [2.45, 2.75) is 46.0 Å². The fraction of sp³-hybridized carbons (Fsp3) is 0.259. The molecule has 3 aromatic carbocycles. The molecule has 0 radical (unpaired) electrons. The maximum Gasteiger partial charge on any atom is -0.0124 e. The normalized spacial score (nSPS) is 12.6. The number of allylic oxidation sites excluding steroid dienone is 2. The average molecular weight is 355 g/mol. The van der Waals surface area contributed by atoms with E-state index in [9.17, 15) is 0 Å². The second-order valence-corrected chi connectivity index (χ2v) is 7.45. The fourth-order valence-electron chi connectivity index (χ4n) is 3.65. The lowest BCUT2D eigenvalue weighted by atomic mass is 9.88. The minimum Gasteiger partial charge on any atom is -0.0958 e. The molecular formula is C27H30. The molecule has 0 fully saturated rings. The van der Waals surface area contributed by atoms with Crippen LogP contribution in [0.4, 0.5) is 0 Å². The van der Waals surface area contributed by atoms with Crippen molar-refractivity contribution in [2.75, 3.05) is 0 Å². The van der Waals surface area contributed by atoms with Gasteiger partial charge in [0.2, 0.25) is 0 Å². The Morgan fingerprint density at radius 3 is 2.48 bits per heavy atom. The molecule has 0 unspecified atom stereocenters. The molecule has 0 saturated heterocycles. The summed E-state index contributed by atoms with van der Waals surface area (Å²) in [5.41, 5.74) is 6.58. The lowest BCUT2D eigenvalue weighted by molar-refractivity contribution is 0.664. The van der Waals surface area contributed by atoms with E-state index in [-0.39, 0.29) is 0 Å². The Morgan fingerprint density at radius 2 is 1.74 bits per heavy atom. The van der Waals surface area contributed by atoms with Crippen LogP contribution in [0.15, 0.2) is 78.9 Å². The van der Waals surface area contributed by atoms with Gasteiger partial charge in [0, 0.05) is 0 Å². The van der Waals surface area contributed by atoms with E-state index < -0.39 is 0 Å². The molecule has 0 aliphatic rings. The maximum atomic E-state index is 4.32. The topological polar surface area (TPSA) is 0 Å². The van der Waals surface area contributed by atoms with Gasteiger partial charge in [-0.25, -0.2) is 0 Å². The van der Waals surface area contributed by atoms with Gasteiger partial charge in [0.15, 0.2) is 0 Å². The molecule has 0 N–H and O–H groups in total. The number of aryl methyl sites for hydroxylation is 2. The third-order valence-corrected chi connectivity index (χ3v) is 5.50. The van der Waals surface area contributed by atoms with E-state index in [1.807, 2.05) is 0 Å². The lowest BCUT2D eigenvalue weighted by Gasteiger charge is -2.17. The predicted molar refractivity (Wildman–Crippen MR) is 120 cm³/mol. The SMILES string of the molecule is C=C(/C=C/c1ccccc1C)C[C@@H](CC)c1ccc2ccc(CC)cc2c1. The molecule has 0 aliphatic heterocycles. The zero-order valence-corrected chi connectivity index (χ0v) is 16.8. The van der Waals surface area contributed by atoms with Crippen molar-refractivity contribution < 1.29 is 0 Å². The Labute approximate surface area is 164 Å². The highest BCUT2D eigenvalue weighted by Gasteiger charge is 2.11. The quantitative estimate of drug-likeness (QED) is 0.379. The highest BCUT2D eigenvalue weighted by Crippen LogP contribution is 2.30. The summed E-state index contributed by atoms with van der Waals surface area (Å²) < 4.78 is 0. The Bertz CT molecular complexity index is 959. The number of fused-ring (bicyclic) bond motifs is 1. The third kappa shape index (κ3) is 4.77. The summed E-state index contributed by atoms with van der Waals surface area (Å²) in [7, 11) is 0. The van der Waals surface area contributed by atoms with E-state index in [2.05, 4.69) is 100 Å². The fourth-order valence-corrected chi connectivity index (χ4v) is 3.65. The predicted octanol–water partition coefficient (Wildman–Crippen LogP) is 7.86. The molecule has 0 spiro atoms. The minimum atomic E-state index is 0.508. The molecule has 0 aromatic heterocycles. The minimum absolute atomic E-state index is 0.508. The Hall–Kier alpha value is -2.60. The summed E-state index contributed by atoms with van der Waals surface area (Å²) in [5.74, 6) is 0.508. The van der Waals surface area contributed by atoms with Gasteiger partial charge in [-0.05, 0) is 65.1 Å². The number of hydrogen-bond donors (Lipinski definition) is 0. The molecule has 0 bridgehead atoms. The van der Waals surface area contributed by atoms with Gasteiger partial charge in [0.25, 0.3) is 0 Å². The first-order chi connectivity index (χ1) is 13.1. The second-order valence-electron chi connectivity index (χ2n) is 7.45. The van der Waals surface area contributed by atoms with Gasteiger partial charge in [0.05, 0.1) is 0 Å². The summed E-state index contributed by atoms with van der Waals surface area (Å²) in [6.45, 7) is 11.0. The Balaban J connectivity index is 1.77.